The Kier molecular flexibility index (Phi) is 9.94. The van der Waals surface area contributed by atoms with Crippen LogP contribution in [-0.4, -0.2) is 47.6 Å². The van der Waals surface area contributed by atoms with E-state index in [1.165, 1.54) is 0 Å². The Hall–Kier alpha value is -4.44. The molecule has 44 heavy (non-hydrogen) atoms. The van der Waals surface area contributed by atoms with Crippen LogP contribution in [0, 0.1) is 0 Å². The fourth-order valence-corrected chi connectivity index (χ4v) is 6.59. The average molecular weight is 697 g/mol. The van der Waals surface area contributed by atoms with Crippen LogP contribution in [0.4, 0.5) is 18.0 Å². The number of alkyl carbamates (subject to hydrolysis) is 1. The van der Waals surface area contributed by atoms with Gasteiger partial charge >= 0.3 is 18.2 Å². The zero-order valence-electron chi connectivity index (χ0n) is 22.5. The molecule has 4 N–H and O–H groups in total. The van der Waals surface area contributed by atoms with Crippen LogP contribution in [0.1, 0.15) is 40.2 Å². The number of aromatic nitrogens is 2. The minimum atomic E-state index is -5.08. The van der Waals surface area contributed by atoms with Crippen LogP contribution in [0.3, 0.4) is 0 Å². The van der Waals surface area contributed by atoms with Crippen molar-refractivity contribution in [3.63, 3.8) is 0 Å². The molecule has 0 radical (unpaired) electrons. The third kappa shape index (κ3) is 8.35. The molecule has 1 aromatic heterocycles. The standard InChI is InChI=1S/C26H23BrN4O5S.C2HF3O2/c27-19-12-17(10-11-18(19)23-14-24(32)31-37(23,34)35)13-22(25-28-20-8-4-5-9-21(20)29-25)30-26(33)36-15-16-6-2-1-3-7-16;3-2(4,5)1(6)7/h1-12,22-23H,13-15H2,(H,28,29)(H,30,33)(H,31,32);(H,6,7)/t22-,23?;/m0./s1. The number of carboxylic acid groups (broad SMARTS) is 1. The van der Waals surface area contributed by atoms with Crippen LogP contribution >= 0.6 is 15.9 Å². The first-order chi connectivity index (χ1) is 20.7. The lowest BCUT2D eigenvalue weighted by Crippen LogP contribution is -2.31. The number of fused-ring (bicyclic) bond motifs is 1. The van der Waals surface area contributed by atoms with Crippen molar-refractivity contribution in [2.75, 3.05) is 0 Å². The minimum Gasteiger partial charge on any atom is -0.475 e. The van der Waals surface area contributed by atoms with E-state index in [1.807, 2.05) is 59.3 Å². The maximum atomic E-state index is 12.7. The lowest BCUT2D eigenvalue weighted by Gasteiger charge is -2.18. The lowest BCUT2D eigenvalue weighted by atomic mass is 10.0. The second-order valence-electron chi connectivity index (χ2n) is 9.52. The number of nitrogens with one attached hydrogen (secondary N) is 3. The predicted molar refractivity (Wildman–Crippen MR) is 155 cm³/mol. The Labute approximate surface area is 257 Å². The van der Waals surface area contributed by atoms with Crippen LogP contribution in [0.15, 0.2) is 77.3 Å². The molecule has 1 fully saturated rings. The van der Waals surface area contributed by atoms with E-state index in [4.69, 9.17) is 14.6 Å². The number of hydrogen-bond acceptors (Lipinski definition) is 7. The molecular formula is C28H24BrF3N4O7S. The molecule has 11 nitrogen and oxygen atoms in total. The Balaban J connectivity index is 0.000000566. The second kappa shape index (κ2) is 13.5. The van der Waals surface area contributed by atoms with E-state index in [0.717, 1.165) is 22.2 Å². The van der Waals surface area contributed by atoms with Gasteiger partial charge in [0, 0.05) is 10.9 Å². The number of rotatable bonds is 7. The first kappa shape index (κ1) is 32.5. The maximum Gasteiger partial charge on any atom is 0.490 e. The van der Waals surface area contributed by atoms with E-state index in [9.17, 15) is 31.2 Å². The molecule has 2 heterocycles. The SMILES string of the molecule is O=C(O)C(F)(F)F.O=C1CC(c2ccc(C[C@H](NC(=O)OCc3ccccc3)c3nc4ccccc4[nH]3)cc2Br)S(=O)(=O)N1. The molecule has 1 unspecified atom stereocenters. The fourth-order valence-electron chi connectivity index (χ4n) is 4.28. The Morgan fingerprint density at radius 3 is 2.32 bits per heavy atom. The molecule has 1 saturated heterocycles. The largest absolute Gasteiger partial charge is 0.490 e. The Morgan fingerprint density at radius 1 is 1.07 bits per heavy atom. The molecule has 0 spiro atoms. The van der Waals surface area contributed by atoms with Gasteiger partial charge < -0.3 is 20.1 Å². The molecule has 0 bridgehead atoms. The lowest BCUT2D eigenvalue weighted by molar-refractivity contribution is -0.192. The van der Waals surface area contributed by atoms with Crippen molar-refractivity contribution in [3.05, 3.63) is 99.8 Å². The number of amides is 2. The summed E-state index contributed by atoms with van der Waals surface area (Å²) in [4.78, 5) is 41.2. The highest BCUT2D eigenvalue weighted by atomic mass is 79.9. The molecule has 1 aliphatic rings. The number of para-hydroxylation sites is 2. The van der Waals surface area contributed by atoms with E-state index < -0.39 is 45.5 Å². The monoisotopic (exact) mass is 696 g/mol. The molecule has 3 aromatic carbocycles. The quantitative estimate of drug-likeness (QED) is 0.208. The Morgan fingerprint density at radius 2 is 1.73 bits per heavy atom. The van der Waals surface area contributed by atoms with Gasteiger partial charge in [0.1, 0.15) is 17.7 Å². The van der Waals surface area contributed by atoms with E-state index in [1.54, 1.807) is 18.2 Å². The van der Waals surface area contributed by atoms with E-state index in [0.29, 0.717) is 22.3 Å². The van der Waals surface area contributed by atoms with Gasteiger partial charge in [0.15, 0.2) is 0 Å². The maximum absolute atomic E-state index is 12.7. The summed E-state index contributed by atoms with van der Waals surface area (Å²) in [7, 11) is -3.77. The third-order valence-corrected chi connectivity index (χ3v) is 8.71. The van der Waals surface area contributed by atoms with Gasteiger partial charge in [-0.3, -0.25) is 9.52 Å². The van der Waals surface area contributed by atoms with Crippen LogP contribution in [-0.2, 0) is 37.4 Å². The first-order valence-electron chi connectivity index (χ1n) is 12.8. The molecule has 2 atom stereocenters. The summed E-state index contributed by atoms with van der Waals surface area (Å²) in [5, 5.41) is 9.07. The topological polar surface area (TPSA) is 168 Å². The summed E-state index contributed by atoms with van der Waals surface area (Å²) >= 11 is 3.47. The molecule has 5 rings (SSSR count). The van der Waals surface area contributed by atoms with Crippen LogP contribution in [0.5, 0.6) is 0 Å². The van der Waals surface area contributed by atoms with Gasteiger partial charge in [-0.2, -0.15) is 13.2 Å². The van der Waals surface area contributed by atoms with Crippen LogP contribution < -0.4 is 10.0 Å². The molecule has 1 aliphatic heterocycles. The average Bonchev–Trinajstić information content (AvgIpc) is 3.51. The molecule has 232 valence electrons. The molecule has 4 aromatic rings. The van der Waals surface area contributed by atoms with Crippen molar-refractivity contribution in [2.24, 2.45) is 0 Å². The zero-order chi connectivity index (χ0) is 32.1. The number of carbonyl (C=O) groups is 3. The van der Waals surface area contributed by atoms with Gasteiger partial charge in [-0.1, -0.05) is 70.5 Å². The summed E-state index contributed by atoms with van der Waals surface area (Å²) in [6, 6.07) is 21.7. The van der Waals surface area contributed by atoms with E-state index >= 15 is 0 Å². The number of hydrogen-bond donors (Lipinski definition) is 4. The number of aromatic amines is 1. The van der Waals surface area contributed by atoms with Crippen LogP contribution in [0.2, 0.25) is 0 Å². The molecule has 0 saturated carbocycles. The van der Waals surface area contributed by atoms with Crippen molar-refractivity contribution in [1.29, 1.82) is 0 Å². The summed E-state index contributed by atoms with van der Waals surface area (Å²) in [5.41, 5.74) is 3.79. The summed E-state index contributed by atoms with van der Waals surface area (Å²) in [6.45, 7) is 0.127. The van der Waals surface area contributed by atoms with Gasteiger partial charge in [0.05, 0.1) is 23.5 Å². The number of alkyl halides is 3. The van der Waals surface area contributed by atoms with Gasteiger partial charge in [0.25, 0.3) is 0 Å². The molecule has 0 aliphatic carbocycles. The highest BCUT2D eigenvalue weighted by Crippen LogP contribution is 2.35. The van der Waals surface area contributed by atoms with Crippen molar-refractivity contribution >= 4 is 55.0 Å². The smallest absolute Gasteiger partial charge is 0.475 e. The summed E-state index contributed by atoms with van der Waals surface area (Å²) < 4.78 is 64.4. The van der Waals surface area contributed by atoms with Gasteiger partial charge in [-0.05, 0) is 34.9 Å². The number of aliphatic carboxylic acids is 1. The van der Waals surface area contributed by atoms with Crippen molar-refractivity contribution in [1.82, 2.24) is 20.0 Å². The molecule has 2 amide bonds. The fraction of sp³-hybridized carbons (Fsp3) is 0.214. The predicted octanol–water partition coefficient (Wildman–Crippen LogP) is 5.06. The Bertz CT molecular complexity index is 1750. The number of nitrogens with zero attached hydrogens (tertiary/aromatic N) is 1. The first-order valence-corrected chi connectivity index (χ1v) is 15.1. The number of ether oxygens (including phenoxy) is 1. The second-order valence-corrected chi connectivity index (χ2v) is 12.2. The summed E-state index contributed by atoms with van der Waals surface area (Å²) in [5.74, 6) is -2.72. The van der Waals surface area contributed by atoms with Crippen LogP contribution in [0.25, 0.3) is 11.0 Å². The van der Waals surface area contributed by atoms with Crippen molar-refractivity contribution in [3.8, 4) is 0 Å². The molecule has 16 heteroatoms. The van der Waals surface area contributed by atoms with Gasteiger partial charge in [-0.25, -0.2) is 23.0 Å². The van der Waals surface area contributed by atoms with Crippen molar-refractivity contribution in [2.45, 2.75) is 36.9 Å². The number of halogens is 4. The third-order valence-electron chi connectivity index (χ3n) is 6.34. The number of carbonyl (C=O) groups excluding carboxylic acids is 2. The zero-order valence-corrected chi connectivity index (χ0v) is 24.9. The van der Waals surface area contributed by atoms with Crippen molar-refractivity contribution < 1.29 is 45.8 Å². The number of carboxylic acids is 1. The number of sulfonamides is 1. The van der Waals surface area contributed by atoms with Gasteiger partial charge in [-0.15, -0.1) is 0 Å². The highest BCUT2D eigenvalue weighted by molar-refractivity contribution is 9.10. The number of imidazole rings is 1. The summed E-state index contributed by atoms with van der Waals surface area (Å²) in [6.07, 6.45) is -5.45. The molecular weight excluding hydrogens is 673 g/mol. The number of H-pyrrole nitrogens is 1. The minimum absolute atomic E-state index is 0.127. The highest BCUT2D eigenvalue weighted by Gasteiger charge is 2.39. The normalized spacial score (nSPS) is 16.4. The number of benzene rings is 3. The van der Waals surface area contributed by atoms with E-state index in [-0.39, 0.29) is 13.0 Å². The van der Waals surface area contributed by atoms with Gasteiger partial charge in [0.2, 0.25) is 15.9 Å². The van der Waals surface area contributed by atoms with E-state index in [2.05, 4.69) is 31.2 Å².